The molecule has 0 saturated carbocycles. The fraction of sp³-hybridized carbons (Fsp3) is 0.206. The van der Waals surface area contributed by atoms with Crippen molar-refractivity contribution in [1.29, 1.82) is 0 Å². The van der Waals surface area contributed by atoms with E-state index in [2.05, 4.69) is 54.7 Å². The second kappa shape index (κ2) is 12.5. The van der Waals surface area contributed by atoms with Gasteiger partial charge in [-0.25, -0.2) is 4.79 Å². The standard InChI is InChI=1S/C34H33NO4/c1-24(35-22-25-12-13-26-8-6-7-9-29(26)20-25)33(27-14-16-28(17-15-27)34(36)37-2)21-31-18-19-32(39-31)23-38-30-10-4-3-5-11-30/h3-20,24,33,35H,21-23H2,1-2H3. The van der Waals surface area contributed by atoms with Gasteiger partial charge in [0.25, 0.3) is 0 Å². The summed E-state index contributed by atoms with van der Waals surface area (Å²) in [5.41, 5.74) is 2.90. The fourth-order valence-corrected chi connectivity index (χ4v) is 4.83. The highest BCUT2D eigenvalue weighted by molar-refractivity contribution is 5.89. The zero-order valence-corrected chi connectivity index (χ0v) is 22.3. The molecule has 0 amide bonds. The van der Waals surface area contributed by atoms with Gasteiger partial charge in [-0.3, -0.25) is 0 Å². The Kier molecular flexibility index (Phi) is 8.39. The van der Waals surface area contributed by atoms with Crippen molar-refractivity contribution in [2.24, 2.45) is 0 Å². The van der Waals surface area contributed by atoms with Gasteiger partial charge in [-0.1, -0.05) is 66.7 Å². The molecule has 0 aliphatic carbocycles. The van der Waals surface area contributed by atoms with Gasteiger partial charge in [0.15, 0.2) is 0 Å². The summed E-state index contributed by atoms with van der Waals surface area (Å²) in [6, 6.07) is 36.5. The van der Waals surface area contributed by atoms with Crippen molar-refractivity contribution < 1.29 is 18.7 Å². The minimum Gasteiger partial charge on any atom is -0.486 e. The van der Waals surface area contributed by atoms with Crippen LogP contribution in [0.3, 0.4) is 0 Å². The Morgan fingerprint density at radius 2 is 1.54 bits per heavy atom. The predicted octanol–water partition coefficient (Wildman–Crippen LogP) is 7.30. The Morgan fingerprint density at radius 1 is 0.821 bits per heavy atom. The molecule has 0 saturated heterocycles. The summed E-state index contributed by atoms with van der Waals surface area (Å²) in [4.78, 5) is 12.0. The van der Waals surface area contributed by atoms with Crippen LogP contribution in [0.4, 0.5) is 0 Å². The molecule has 0 radical (unpaired) electrons. The monoisotopic (exact) mass is 519 g/mol. The van der Waals surface area contributed by atoms with E-state index in [1.807, 2.05) is 66.7 Å². The third kappa shape index (κ3) is 6.75. The summed E-state index contributed by atoms with van der Waals surface area (Å²) in [5.74, 6) is 2.26. The van der Waals surface area contributed by atoms with Crippen LogP contribution in [-0.4, -0.2) is 19.1 Å². The van der Waals surface area contributed by atoms with Crippen molar-refractivity contribution in [1.82, 2.24) is 5.32 Å². The molecule has 0 fully saturated rings. The second-order valence-corrected chi connectivity index (χ2v) is 9.75. The number of fused-ring (bicyclic) bond motifs is 1. The van der Waals surface area contributed by atoms with E-state index in [0.29, 0.717) is 18.6 Å². The van der Waals surface area contributed by atoms with Crippen LogP contribution in [0.5, 0.6) is 5.75 Å². The average Bonchev–Trinajstić information content (AvgIpc) is 3.45. The number of para-hydroxylation sites is 1. The van der Waals surface area contributed by atoms with Crippen molar-refractivity contribution in [3.05, 3.63) is 137 Å². The first kappa shape index (κ1) is 26.3. The maximum atomic E-state index is 12.0. The first-order chi connectivity index (χ1) is 19.1. The van der Waals surface area contributed by atoms with E-state index in [-0.39, 0.29) is 17.9 Å². The molecule has 0 spiro atoms. The molecule has 2 unspecified atom stereocenters. The number of hydrogen-bond acceptors (Lipinski definition) is 5. The van der Waals surface area contributed by atoms with Crippen molar-refractivity contribution in [3.63, 3.8) is 0 Å². The highest BCUT2D eigenvalue weighted by Gasteiger charge is 2.22. The van der Waals surface area contributed by atoms with Crippen molar-refractivity contribution in [2.75, 3.05) is 7.11 Å². The third-order valence-electron chi connectivity index (χ3n) is 7.07. The minimum atomic E-state index is -0.338. The van der Waals surface area contributed by atoms with Crippen molar-refractivity contribution in [3.8, 4) is 5.75 Å². The van der Waals surface area contributed by atoms with Crippen LogP contribution >= 0.6 is 0 Å². The van der Waals surface area contributed by atoms with E-state index in [9.17, 15) is 4.79 Å². The maximum absolute atomic E-state index is 12.0. The smallest absolute Gasteiger partial charge is 0.337 e. The number of hydrogen-bond donors (Lipinski definition) is 1. The van der Waals surface area contributed by atoms with E-state index < -0.39 is 0 Å². The molecular formula is C34H33NO4. The number of furan rings is 1. The van der Waals surface area contributed by atoms with E-state index in [1.165, 1.54) is 23.4 Å². The summed E-state index contributed by atoms with van der Waals surface area (Å²) in [5, 5.41) is 6.20. The zero-order chi connectivity index (χ0) is 27.0. The Bertz CT molecular complexity index is 1510. The van der Waals surface area contributed by atoms with Gasteiger partial charge in [0.05, 0.1) is 12.7 Å². The molecule has 2 atom stereocenters. The molecule has 5 heteroatoms. The number of esters is 1. The van der Waals surface area contributed by atoms with Crippen LogP contribution in [-0.2, 0) is 24.3 Å². The van der Waals surface area contributed by atoms with E-state index in [4.69, 9.17) is 13.9 Å². The first-order valence-corrected chi connectivity index (χ1v) is 13.2. The molecular weight excluding hydrogens is 486 g/mol. The van der Waals surface area contributed by atoms with Gasteiger partial charge in [0.2, 0.25) is 0 Å². The number of carbonyl (C=O) groups is 1. The lowest BCUT2D eigenvalue weighted by Crippen LogP contribution is -2.33. The lowest BCUT2D eigenvalue weighted by atomic mass is 9.87. The lowest BCUT2D eigenvalue weighted by molar-refractivity contribution is 0.0600. The van der Waals surface area contributed by atoms with Gasteiger partial charge in [-0.2, -0.15) is 0 Å². The maximum Gasteiger partial charge on any atom is 0.337 e. The van der Waals surface area contributed by atoms with Gasteiger partial charge < -0.3 is 19.2 Å². The van der Waals surface area contributed by atoms with Gasteiger partial charge in [-0.15, -0.1) is 0 Å². The van der Waals surface area contributed by atoms with Gasteiger partial charge in [-0.05, 0) is 71.3 Å². The Balaban J connectivity index is 1.31. The Morgan fingerprint density at radius 3 is 2.31 bits per heavy atom. The minimum absolute atomic E-state index is 0.117. The molecule has 1 aromatic heterocycles. The average molecular weight is 520 g/mol. The number of nitrogens with one attached hydrogen (secondary N) is 1. The van der Waals surface area contributed by atoms with E-state index in [0.717, 1.165) is 29.4 Å². The van der Waals surface area contributed by atoms with Crippen LogP contribution < -0.4 is 10.1 Å². The zero-order valence-electron chi connectivity index (χ0n) is 22.3. The molecule has 5 rings (SSSR count). The third-order valence-corrected chi connectivity index (χ3v) is 7.07. The molecule has 1 heterocycles. The largest absolute Gasteiger partial charge is 0.486 e. The number of rotatable bonds is 11. The first-order valence-electron chi connectivity index (χ1n) is 13.2. The number of benzene rings is 4. The molecule has 5 aromatic rings. The van der Waals surface area contributed by atoms with E-state index in [1.54, 1.807) is 0 Å². The highest BCUT2D eigenvalue weighted by Crippen LogP contribution is 2.27. The molecule has 39 heavy (non-hydrogen) atoms. The quantitative estimate of drug-likeness (QED) is 0.186. The summed E-state index contributed by atoms with van der Waals surface area (Å²) in [6.07, 6.45) is 0.703. The molecule has 4 aromatic carbocycles. The summed E-state index contributed by atoms with van der Waals surface area (Å²) >= 11 is 0. The topological polar surface area (TPSA) is 60.7 Å². The van der Waals surface area contributed by atoms with E-state index >= 15 is 0 Å². The second-order valence-electron chi connectivity index (χ2n) is 9.75. The number of methoxy groups -OCH3 is 1. The molecule has 0 aliphatic rings. The molecule has 198 valence electrons. The van der Waals surface area contributed by atoms with Crippen LogP contribution in [0.15, 0.2) is 114 Å². The normalized spacial score (nSPS) is 12.7. The summed E-state index contributed by atoms with van der Waals surface area (Å²) in [6.45, 7) is 3.32. The Labute approximate surface area is 229 Å². The molecule has 5 nitrogen and oxygen atoms in total. The molecule has 0 aliphatic heterocycles. The lowest BCUT2D eigenvalue weighted by Gasteiger charge is -2.25. The van der Waals surface area contributed by atoms with Crippen LogP contribution in [0, 0.1) is 0 Å². The van der Waals surface area contributed by atoms with Gasteiger partial charge in [0.1, 0.15) is 23.9 Å². The SMILES string of the molecule is COC(=O)c1ccc(C(Cc2ccc(COc3ccccc3)o2)C(C)NCc2ccc3ccccc3c2)cc1. The number of ether oxygens (including phenoxy) is 2. The summed E-state index contributed by atoms with van der Waals surface area (Å²) in [7, 11) is 1.40. The van der Waals surface area contributed by atoms with Crippen molar-refractivity contribution in [2.45, 2.75) is 38.5 Å². The number of carbonyl (C=O) groups excluding carboxylic acids is 1. The fourth-order valence-electron chi connectivity index (χ4n) is 4.83. The van der Waals surface area contributed by atoms with Gasteiger partial charge in [0, 0.05) is 24.9 Å². The van der Waals surface area contributed by atoms with Crippen LogP contribution in [0.1, 0.15) is 45.8 Å². The van der Waals surface area contributed by atoms with Crippen molar-refractivity contribution >= 4 is 16.7 Å². The Hall–Kier alpha value is -4.35. The molecule has 1 N–H and O–H groups in total. The van der Waals surface area contributed by atoms with Crippen LogP contribution in [0.25, 0.3) is 10.8 Å². The summed E-state index contributed by atoms with van der Waals surface area (Å²) < 4.78 is 16.9. The predicted molar refractivity (Wildman–Crippen MR) is 154 cm³/mol. The highest BCUT2D eigenvalue weighted by atomic mass is 16.5. The molecule has 0 bridgehead atoms. The van der Waals surface area contributed by atoms with Gasteiger partial charge >= 0.3 is 5.97 Å². The van der Waals surface area contributed by atoms with Crippen LogP contribution in [0.2, 0.25) is 0 Å².